The fourth-order valence-corrected chi connectivity index (χ4v) is 1.12. The molecule has 0 fully saturated rings. The largest absolute Gasteiger partial charge is 0.508 e. The van der Waals surface area contributed by atoms with Crippen molar-refractivity contribution in [3.05, 3.63) is 23.6 Å². The summed E-state index contributed by atoms with van der Waals surface area (Å²) in [6.07, 6.45) is 2.87. The maximum Gasteiger partial charge on any atom is 0.227 e. The Balaban J connectivity index is 2.63. The number of dihydropyridines is 1. The Morgan fingerprint density at radius 3 is 2.60 bits per heavy atom. The summed E-state index contributed by atoms with van der Waals surface area (Å²) in [5.41, 5.74) is 0.465. The van der Waals surface area contributed by atoms with Crippen LogP contribution < -0.4 is 10.6 Å². The third-order valence-electron chi connectivity index (χ3n) is 2.11. The quantitative estimate of drug-likeness (QED) is 0.613. The first-order valence-corrected chi connectivity index (χ1v) is 4.95. The first kappa shape index (κ1) is 11.6. The minimum atomic E-state index is -0.513. The van der Waals surface area contributed by atoms with Crippen LogP contribution in [0.15, 0.2) is 23.6 Å². The Kier molecular flexibility index (Phi) is 3.07. The zero-order chi connectivity index (χ0) is 11.6. The molecule has 0 aromatic carbocycles. The number of hydrogen-bond donors (Lipinski definition) is 3. The van der Waals surface area contributed by atoms with E-state index in [1.54, 1.807) is 12.3 Å². The van der Waals surface area contributed by atoms with Gasteiger partial charge in [0.15, 0.2) is 6.17 Å². The Bertz CT molecular complexity index is 324. The Morgan fingerprint density at radius 2 is 2.13 bits per heavy atom. The first-order chi connectivity index (χ1) is 6.80. The molecule has 0 saturated carbocycles. The van der Waals surface area contributed by atoms with E-state index in [9.17, 15) is 9.90 Å². The van der Waals surface area contributed by atoms with Crippen molar-refractivity contribution in [3.63, 3.8) is 0 Å². The fourth-order valence-electron chi connectivity index (χ4n) is 1.12. The zero-order valence-corrected chi connectivity index (χ0v) is 9.59. The molecule has 0 radical (unpaired) electrons. The number of carbonyl (C=O) groups excluding carboxylic acids is 1. The van der Waals surface area contributed by atoms with Crippen LogP contribution in [0.2, 0.25) is 0 Å². The number of rotatable bonds is 1. The summed E-state index contributed by atoms with van der Waals surface area (Å²) < 4.78 is 0. The molecule has 0 aromatic rings. The lowest BCUT2D eigenvalue weighted by Crippen LogP contribution is -2.49. The van der Waals surface area contributed by atoms with Gasteiger partial charge in [0.2, 0.25) is 5.91 Å². The molecule has 0 saturated heterocycles. The molecular formula is C11H18N2O2. The highest BCUT2D eigenvalue weighted by Crippen LogP contribution is 2.14. The van der Waals surface area contributed by atoms with Crippen LogP contribution in [-0.2, 0) is 4.79 Å². The van der Waals surface area contributed by atoms with E-state index in [-0.39, 0.29) is 11.7 Å². The second-order valence-electron chi connectivity index (χ2n) is 4.78. The molecule has 3 N–H and O–H groups in total. The van der Waals surface area contributed by atoms with E-state index in [0.717, 1.165) is 5.57 Å². The number of allylic oxidation sites excluding steroid dienone is 2. The molecule has 4 heteroatoms. The van der Waals surface area contributed by atoms with Crippen LogP contribution in [-0.4, -0.2) is 17.2 Å². The van der Waals surface area contributed by atoms with E-state index in [1.807, 2.05) is 27.7 Å². The van der Waals surface area contributed by atoms with Crippen LogP contribution >= 0.6 is 0 Å². The van der Waals surface area contributed by atoms with E-state index >= 15 is 0 Å². The predicted molar refractivity (Wildman–Crippen MR) is 59.0 cm³/mol. The molecule has 1 unspecified atom stereocenters. The van der Waals surface area contributed by atoms with E-state index < -0.39 is 11.6 Å². The van der Waals surface area contributed by atoms with Crippen LogP contribution in [0.3, 0.4) is 0 Å². The number of nitrogens with one attached hydrogen (secondary N) is 2. The minimum absolute atomic E-state index is 0.104. The molecular weight excluding hydrogens is 192 g/mol. The van der Waals surface area contributed by atoms with Gasteiger partial charge in [-0.1, -0.05) is 20.8 Å². The number of aliphatic hydroxyl groups excluding tert-OH is 1. The van der Waals surface area contributed by atoms with Gasteiger partial charge in [0.25, 0.3) is 0 Å². The van der Waals surface area contributed by atoms with E-state index in [0.29, 0.717) is 0 Å². The molecule has 15 heavy (non-hydrogen) atoms. The third kappa shape index (κ3) is 3.01. The van der Waals surface area contributed by atoms with Crippen molar-refractivity contribution in [2.75, 3.05) is 0 Å². The smallest absolute Gasteiger partial charge is 0.227 e. The lowest BCUT2D eigenvalue weighted by molar-refractivity contribution is -0.129. The van der Waals surface area contributed by atoms with Gasteiger partial charge in [0.05, 0.1) is 0 Å². The van der Waals surface area contributed by atoms with E-state index in [2.05, 4.69) is 10.6 Å². The van der Waals surface area contributed by atoms with Gasteiger partial charge in [-0.15, -0.1) is 0 Å². The third-order valence-corrected chi connectivity index (χ3v) is 2.11. The Morgan fingerprint density at radius 1 is 1.53 bits per heavy atom. The summed E-state index contributed by atoms with van der Waals surface area (Å²) in [6.45, 7) is 7.35. The topological polar surface area (TPSA) is 61.4 Å². The number of aliphatic hydroxyl groups is 1. The Hall–Kier alpha value is -1.45. The van der Waals surface area contributed by atoms with E-state index in [1.165, 1.54) is 0 Å². The van der Waals surface area contributed by atoms with Crippen molar-refractivity contribution in [3.8, 4) is 0 Å². The van der Waals surface area contributed by atoms with Gasteiger partial charge in [-0.3, -0.25) is 4.79 Å². The number of hydrogen-bond acceptors (Lipinski definition) is 3. The summed E-state index contributed by atoms with van der Waals surface area (Å²) in [5, 5.41) is 15.2. The summed E-state index contributed by atoms with van der Waals surface area (Å²) in [4.78, 5) is 11.6. The SMILES string of the molecule is CC1=CNC(NC(=O)C(C)(C)C)C(O)=C1. The molecule has 0 aromatic heterocycles. The maximum absolute atomic E-state index is 11.6. The summed E-state index contributed by atoms with van der Waals surface area (Å²) in [6, 6.07) is 0. The minimum Gasteiger partial charge on any atom is -0.508 e. The van der Waals surface area contributed by atoms with Crippen LogP contribution in [0.5, 0.6) is 0 Å². The second-order valence-corrected chi connectivity index (χ2v) is 4.78. The van der Waals surface area contributed by atoms with Gasteiger partial charge >= 0.3 is 0 Å². The lowest BCUT2D eigenvalue weighted by atomic mass is 9.95. The van der Waals surface area contributed by atoms with Crippen molar-refractivity contribution in [2.45, 2.75) is 33.9 Å². The highest BCUT2D eigenvalue weighted by molar-refractivity contribution is 5.81. The summed E-state index contributed by atoms with van der Waals surface area (Å²) in [7, 11) is 0. The number of amides is 1. The second kappa shape index (κ2) is 3.96. The monoisotopic (exact) mass is 210 g/mol. The first-order valence-electron chi connectivity index (χ1n) is 4.95. The molecule has 1 rings (SSSR count). The van der Waals surface area contributed by atoms with Gasteiger partial charge in [0.1, 0.15) is 5.76 Å². The van der Waals surface area contributed by atoms with Crippen LogP contribution in [0.25, 0.3) is 0 Å². The molecule has 1 amide bonds. The Labute approximate surface area is 90.1 Å². The van der Waals surface area contributed by atoms with Gasteiger partial charge < -0.3 is 15.7 Å². The zero-order valence-electron chi connectivity index (χ0n) is 9.59. The normalized spacial score (nSPS) is 21.2. The number of carbonyl (C=O) groups is 1. The molecule has 4 nitrogen and oxygen atoms in total. The van der Waals surface area contributed by atoms with Crippen LogP contribution in [0.4, 0.5) is 0 Å². The average Bonchev–Trinajstić information content (AvgIpc) is 2.08. The van der Waals surface area contributed by atoms with Gasteiger partial charge in [0, 0.05) is 11.6 Å². The standard InChI is InChI=1S/C11H18N2O2/c1-7-5-8(14)9(12-6-7)13-10(15)11(2,3)4/h5-6,9,12,14H,1-4H3,(H,13,15). The molecule has 0 bridgehead atoms. The average molecular weight is 210 g/mol. The molecule has 0 aliphatic carbocycles. The van der Waals surface area contributed by atoms with Gasteiger partial charge in [-0.05, 0) is 18.6 Å². The molecule has 84 valence electrons. The molecule has 1 heterocycles. The van der Waals surface area contributed by atoms with Crippen LogP contribution in [0.1, 0.15) is 27.7 Å². The lowest BCUT2D eigenvalue weighted by Gasteiger charge is -2.26. The van der Waals surface area contributed by atoms with Gasteiger partial charge in [-0.25, -0.2) is 0 Å². The summed E-state index contributed by atoms with van der Waals surface area (Å²) >= 11 is 0. The highest BCUT2D eigenvalue weighted by Gasteiger charge is 2.25. The van der Waals surface area contributed by atoms with Crippen LogP contribution in [0, 0.1) is 5.41 Å². The fraction of sp³-hybridized carbons (Fsp3) is 0.545. The maximum atomic E-state index is 11.6. The predicted octanol–water partition coefficient (Wildman–Crippen LogP) is 1.42. The van der Waals surface area contributed by atoms with Gasteiger partial charge in [-0.2, -0.15) is 0 Å². The van der Waals surface area contributed by atoms with Crippen molar-refractivity contribution in [1.29, 1.82) is 0 Å². The summed E-state index contributed by atoms with van der Waals surface area (Å²) in [5.74, 6) is 0.0282. The van der Waals surface area contributed by atoms with Crippen molar-refractivity contribution >= 4 is 5.91 Å². The molecule has 1 aliphatic rings. The van der Waals surface area contributed by atoms with E-state index in [4.69, 9.17) is 0 Å². The highest BCUT2D eigenvalue weighted by atomic mass is 16.3. The van der Waals surface area contributed by atoms with Crippen molar-refractivity contribution < 1.29 is 9.90 Å². The molecule has 1 atom stereocenters. The molecule has 0 spiro atoms. The van der Waals surface area contributed by atoms with Crippen molar-refractivity contribution in [2.24, 2.45) is 5.41 Å². The molecule has 1 aliphatic heterocycles. The van der Waals surface area contributed by atoms with Crippen molar-refractivity contribution in [1.82, 2.24) is 10.6 Å².